The predicted octanol–water partition coefficient (Wildman–Crippen LogP) is 9.01. The number of nitrogens with one attached hydrogen (secondary N) is 1. The van der Waals surface area contributed by atoms with Gasteiger partial charge in [0.1, 0.15) is 44.8 Å². The average molecular weight is 1500 g/mol. The van der Waals surface area contributed by atoms with Gasteiger partial charge in [-0.2, -0.15) is 0 Å². The van der Waals surface area contributed by atoms with Crippen molar-refractivity contribution in [1.82, 2.24) is 24.9 Å². The molecule has 0 spiro atoms. The summed E-state index contributed by atoms with van der Waals surface area (Å²) in [7, 11) is 4.38. The van der Waals surface area contributed by atoms with E-state index in [9.17, 15) is 57.5 Å². The minimum Gasteiger partial charge on any atom is -0.469 e. The summed E-state index contributed by atoms with van der Waals surface area (Å²) in [6.07, 6.45) is 5.28. The molecule has 0 aliphatic rings. The van der Waals surface area contributed by atoms with Gasteiger partial charge in [-0.05, 0) is 251 Å². The molecule has 0 aromatic heterocycles. The number of carbonyl (C=O) groups excluding carboxylic acids is 12. The van der Waals surface area contributed by atoms with Crippen LogP contribution in [-0.4, -0.2) is 248 Å². The molecule has 0 aromatic rings. The molecule has 0 heterocycles. The van der Waals surface area contributed by atoms with E-state index in [0.29, 0.717) is 64.3 Å². The van der Waals surface area contributed by atoms with Crippen LogP contribution in [0.4, 0.5) is 0 Å². The number of Topliss-reactive ketones (excluding diaryl/α,β-unsaturated/α-hetero) is 2. The second-order valence-electron chi connectivity index (χ2n) is 34.6. The van der Waals surface area contributed by atoms with Gasteiger partial charge in [-0.15, -0.1) is 0 Å². The Morgan fingerprint density at radius 2 is 0.533 bits per heavy atom. The van der Waals surface area contributed by atoms with Crippen LogP contribution < -0.4 is 11.1 Å². The van der Waals surface area contributed by atoms with Crippen LogP contribution in [0.2, 0.25) is 0 Å². The summed E-state index contributed by atoms with van der Waals surface area (Å²) in [5.74, 6) is -7.72. The zero-order chi connectivity index (χ0) is 81.7. The fourth-order valence-electron chi connectivity index (χ4n) is 10.7. The first kappa shape index (κ1) is 101. The van der Waals surface area contributed by atoms with Crippen molar-refractivity contribution in [3.05, 3.63) is 0 Å². The van der Waals surface area contributed by atoms with Crippen molar-refractivity contribution in [2.45, 2.75) is 313 Å². The molecule has 28 nitrogen and oxygen atoms in total. The SMILES string of the molecule is CNCCCC[C@H](CC(=O)[C@H](CCCCN(CC(=O)OC(C)(C)C)CC(=O)OC(C)(C)C)N(CC(=O)OC(C)(C)C)CC(=O)OC(C)(C)C)C(=O)OC.COC(=O)[C@H](CCCCN)CC(=O)[C@H](CCCCN(CC(=O)OC(C)(C)C)CC(=O)OC(C)(C)C)N(CC(=O)OC(C)(C)C)CC(=O)OC(C)(C)C. The Hall–Kier alpha value is -6.20. The zero-order valence-corrected chi connectivity index (χ0v) is 69.5. The van der Waals surface area contributed by atoms with Gasteiger partial charge in [0, 0.05) is 12.8 Å². The van der Waals surface area contributed by atoms with Gasteiger partial charge >= 0.3 is 59.7 Å². The number of rotatable bonds is 45. The highest BCUT2D eigenvalue weighted by atomic mass is 16.6. The second kappa shape index (κ2) is 47.6. The Morgan fingerprint density at radius 3 is 0.743 bits per heavy atom. The molecular weight excluding hydrogens is 1360 g/mol. The van der Waals surface area contributed by atoms with Gasteiger partial charge in [0.15, 0.2) is 11.6 Å². The molecule has 0 fully saturated rings. The summed E-state index contributed by atoms with van der Waals surface area (Å²) in [6.45, 7) is 41.3. The number of ether oxygens (including phenoxy) is 10. The molecule has 0 radical (unpaired) electrons. The second-order valence-corrected chi connectivity index (χ2v) is 34.6. The summed E-state index contributed by atoms with van der Waals surface area (Å²) < 4.78 is 54.3. The van der Waals surface area contributed by atoms with Crippen molar-refractivity contribution in [2.24, 2.45) is 17.6 Å². The quantitative estimate of drug-likeness (QED) is 0.0326. The number of unbranched alkanes of at least 4 members (excludes halogenated alkanes) is 4. The molecule has 0 aliphatic heterocycles. The minimum atomic E-state index is -0.980. The molecule has 0 amide bonds. The molecule has 105 heavy (non-hydrogen) atoms. The first-order valence-electron chi connectivity index (χ1n) is 37.0. The van der Waals surface area contributed by atoms with Gasteiger partial charge in [-0.1, -0.05) is 25.7 Å². The molecule has 0 unspecified atom stereocenters. The molecular formula is C77H140N6O22. The largest absolute Gasteiger partial charge is 0.469 e. The Labute approximate surface area is 628 Å². The molecule has 3 N–H and O–H groups in total. The van der Waals surface area contributed by atoms with E-state index >= 15 is 0 Å². The summed E-state index contributed by atoms with van der Waals surface area (Å²) in [5, 5.41) is 3.07. The van der Waals surface area contributed by atoms with Crippen LogP contribution in [0.25, 0.3) is 0 Å². The maximum absolute atomic E-state index is 14.2. The van der Waals surface area contributed by atoms with E-state index in [1.54, 1.807) is 176 Å². The van der Waals surface area contributed by atoms with Gasteiger partial charge in [0.2, 0.25) is 0 Å². The molecule has 0 aliphatic carbocycles. The number of nitrogens with zero attached hydrogens (tertiary/aromatic N) is 4. The number of nitrogens with two attached hydrogens (primary N) is 1. The third kappa shape index (κ3) is 55.8. The molecule has 28 heteroatoms. The van der Waals surface area contributed by atoms with Gasteiger partial charge in [-0.3, -0.25) is 77.1 Å². The summed E-state index contributed by atoms with van der Waals surface area (Å²) in [5.41, 5.74) is -0.499. The first-order chi connectivity index (χ1) is 47.8. The molecule has 610 valence electrons. The lowest BCUT2D eigenvalue weighted by atomic mass is 9.91. The van der Waals surface area contributed by atoms with E-state index in [0.717, 1.165) is 13.0 Å². The van der Waals surface area contributed by atoms with Crippen LogP contribution in [0.1, 0.15) is 256 Å². The van der Waals surface area contributed by atoms with Crippen molar-refractivity contribution in [1.29, 1.82) is 0 Å². The van der Waals surface area contributed by atoms with E-state index in [-0.39, 0.29) is 103 Å². The van der Waals surface area contributed by atoms with Crippen molar-refractivity contribution in [3.63, 3.8) is 0 Å². The van der Waals surface area contributed by atoms with Crippen molar-refractivity contribution >= 4 is 71.3 Å². The van der Waals surface area contributed by atoms with Crippen LogP contribution in [0.3, 0.4) is 0 Å². The van der Waals surface area contributed by atoms with Crippen LogP contribution in [-0.2, 0) is 105 Å². The number of methoxy groups -OCH3 is 2. The number of hydrogen-bond donors (Lipinski definition) is 2. The maximum Gasteiger partial charge on any atom is 0.320 e. The highest BCUT2D eigenvalue weighted by Crippen LogP contribution is 2.25. The zero-order valence-electron chi connectivity index (χ0n) is 69.5. The lowest BCUT2D eigenvalue weighted by Crippen LogP contribution is -2.49. The van der Waals surface area contributed by atoms with Crippen LogP contribution in [0.5, 0.6) is 0 Å². The fourth-order valence-corrected chi connectivity index (χ4v) is 10.7. The molecule has 0 saturated carbocycles. The van der Waals surface area contributed by atoms with Crippen molar-refractivity contribution < 1.29 is 105 Å². The maximum atomic E-state index is 14.2. The number of hydrogen-bond acceptors (Lipinski definition) is 28. The van der Waals surface area contributed by atoms with Crippen LogP contribution >= 0.6 is 0 Å². The standard InChI is InChI=1S/C39H71N3O11.C38H69N3O11/c1-36(2,3)50-31(44)24-41(25-32(45)51-37(4,5)6)22-18-16-20-29(30(43)23-28(35(48)49-14)19-15-17-21-40-13)42(26-33(46)52-38(7,8)9)27-34(47)53-39(10,11)12;1-35(2,3)49-30(43)23-40(24-31(44)50-36(4,5)6)21-17-15-19-28(29(42)22-27(34(47)48-13)18-14-16-20-39)41(25-32(45)51-37(7,8)9)26-33(46)52-38(10,11)12/h28-29,40H,15-27H2,1-14H3;27-28H,14-26,39H2,1-13H3/t28-,29+;27-,28+/m11/s1. The molecule has 4 atom stereocenters. The van der Waals surface area contributed by atoms with E-state index in [4.69, 9.17) is 53.1 Å². The molecule has 0 aromatic carbocycles. The highest BCUT2D eigenvalue weighted by molar-refractivity contribution is 5.90. The van der Waals surface area contributed by atoms with E-state index in [2.05, 4.69) is 5.32 Å². The topological polar surface area (TPSA) is 348 Å². The molecule has 0 rings (SSSR count). The molecule has 0 bridgehead atoms. The number of carbonyl (C=O) groups is 12. The van der Waals surface area contributed by atoms with Gasteiger partial charge < -0.3 is 58.4 Å². The van der Waals surface area contributed by atoms with Crippen molar-refractivity contribution in [3.8, 4) is 0 Å². The van der Waals surface area contributed by atoms with E-state index < -0.39 is 128 Å². The van der Waals surface area contributed by atoms with Gasteiger partial charge in [0.25, 0.3) is 0 Å². The van der Waals surface area contributed by atoms with Gasteiger partial charge in [-0.25, -0.2) is 0 Å². The monoisotopic (exact) mass is 1500 g/mol. The summed E-state index contributed by atoms with van der Waals surface area (Å²) >= 11 is 0. The fraction of sp³-hybridized carbons (Fsp3) is 0.844. The van der Waals surface area contributed by atoms with E-state index in [1.807, 2.05) is 7.05 Å². The molecule has 0 saturated heterocycles. The Morgan fingerprint density at radius 1 is 0.314 bits per heavy atom. The third-order valence-corrected chi connectivity index (χ3v) is 14.3. The highest BCUT2D eigenvalue weighted by Gasteiger charge is 2.38. The minimum absolute atomic E-state index is 0.153. The lowest BCUT2D eigenvalue weighted by Gasteiger charge is -2.32. The Balaban J connectivity index is 0. The van der Waals surface area contributed by atoms with Crippen LogP contribution in [0.15, 0.2) is 0 Å². The third-order valence-electron chi connectivity index (χ3n) is 14.3. The number of esters is 10. The van der Waals surface area contributed by atoms with E-state index in [1.165, 1.54) is 24.0 Å². The van der Waals surface area contributed by atoms with Gasteiger partial charge in [0.05, 0.1) is 90.5 Å². The lowest BCUT2D eigenvalue weighted by molar-refractivity contribution is -0.164. The van der Waals surface area contributed by atoms with Crippen LogP contribution in [0, 0.1) is 11.8 Å². The Kier molecular flexibility index (Phi) is 45.7. The smallest absolute Gasteiger partial charge is 0.320 e. The summed E-state index contributed by atoms with van der Waals surface area (Å²) in [4.78, 5) is 164. The normalized spacial score (nSPS) is 13.7. The average Bonchev–Trinajstić information content (AvgIpc) is 0.848. The first-order valence-corrected chi connectivity index (χ1v) is 37.0. The van der Waals surface area contributed by atoms with Crippen molar-refractivity contribution in [2.75, 3.05) is 99.8 Å². The predicted molar refractivity (Wildman–Crippen MR) is 399 cm³/mol. The Bertz CT molecular complexity index is 2580. The summed E-state index contributed by atoms with van der Waals surface area (Å²) in [6, 6.07) is -1.95. The number of ketones is 2.